The number of hydrogen-bond acceptors (Lipinski definition) is 7. The molecule has 1 aromatic heterocycles. The van der Waals surface area contributed by atoms with E-state index in [9.17, 15) is 4.79 Å². The Balaban J connectivity index is 1.77. The number of esters is 1. The van der Waals surface area contributed by atoms with Crippen molar-refractivity contribution in [1.29, 1.82) is 0 Å². The first-order valence-corrected chi connectivity index (χ1v) is 7.67. The van der Waals surface area contributed by atoms with Crippen molar-refractivity contribution in [3.8, 4) is 0 Å². The van der Waals surface area contributed by atoms with Crippen molar-refractivity contribution >= 4 is 34.2 Å². The normalized spacial score (nSPS) is 20.2. The molecule has 2 heterocycles. The summed E-state index contributed by atoms with van der Waals surface area (Å²) in [5, 5.41) is 0.603. The van der Waals surface area contributed by atoms with Crippen molar-refractivity contribution in [2.45, 2.75) is 23.1 Å². The Morgan fingerprint density at radius 1 is 1.78 bits per heavy atom. The fraction of sp³-hybridized carbons (Fsp3) is 0.636. The Morgan fingerprint density at radius 2 is 2.61 bits per heavy atom. The molecule has 0 spiro atoms. The van der Waals surface area contributed by atoms with Crippen LogP contribution in [0, 0.1) is 0 Å². The minimum absolute atomic E-state index is 0.0536. The van der Waals surface area contributed by atoms with Crippen LogP contribution in [0.3, 0.4) is 0 Å². The number of nitrogens with zero attached hydrogens (tertiary/aromatic N) is 2. The average Bonchev–Trinajstić information content (AvgIpc) is 2.98. The summed E-state index contributed by atoms with van der Waals surface area (Å²) in [5.74, 6) is 0.828. The lowest BCUT2D eigenvalue weighted by atomic mass is 10.2. The van der Waals surface area contributed by atoms with Crippen LogP contribution in [-0.4, -0.2) is 47.8 Å². The number of nitrogens with two attached hydrogens (primary N) is 1. The van der Waals surface area contributed by atoms with Gasteiger partial charge in [-0.15, -0.1) is 11.8 Å². The SMILES string of the molecule is COC(=O)[C@@H]1CCCN1CCSc1cnc(N)s1. The number of hydrogen-bond donors (Lipinski definition) is 1. The molecule has 0 bridgehead atoms. The molecular weight excluding hydrogens is 270 g/mol. The lowest BCUT2D eigenvalue weighted by Crippen LogP contribution is -2.38. The number of thiazole rings is 1. The van der Waals surface area contributed by atoms with Gasteiger partial charge in [-0.25, -0.2) is 4.98 Å². The highest BCUT2D eigenvalue weighted by atomic mass is 32.2. The summed E-state index contributed by atoms with van der Waals surface area (Å²) >= 11 is 3.23. The summed E-state index contributed by atoms with van der Waals surface area (Å²) in [5.41, 5.74) is 5.57. The number of carbonyl (C=O) groups is 1. The third-order valence-corrected chi connectivity index (χ3v) is 4.96. The monoisotopic (exact) mass is 287 g/mol. The van der Waals surface area contributed by atoms with Crippen molar-refractivity contribution in [3.05, 3.63) is 6.20 Å². The van der Waals surface area contributed by atoms with Crippen molar-refractivity contribution < 1.29 is 9.53 Å². The van der Waals surface area contributed by atoms with E-state index in [-0.39, 0.29) is 12.0 Å². The van der Waals surface area contributed by atoms with Crippen LogP contribution in [0.1, 0.15) is 12.8 Å². The van der Waals surface area contributed by atoms with Crippen molar-refractivity contribution in [2.24, 2.45) is 0 Å². The van der Waals surface area contributed by atoms with Crippen LogP contribution in [0.25, 0.3) is 0 Å². The summed E-state index contributed by atoms with van der Waals surface area (Å²) < 4.78 is 5.95. The molecule has 1 aromatic rings. The Bertz CT molecular complexity index is 411. The van der Waals surface area contributed by atoms with Crippen LogP contribution in [0.15, 0.2) is 10.4 Å². The van der Waals surface area contributed by atoms with Crippen LogP contribution >= 0.6 is 23.1 Å². The van der Waals surface area contributed by atoms with Crippen LogP contribution in [0.4, 0.5) is 5.13 Å². The van der Waals surface area contributed by atoms with Crippen molar-refractivity contribution in [2.75, 3.05) is 31.7 Å². The molecule has 1 aliphatic rings. The summed E-state index contributed by atoms with van der Waals surface area (Å²) in [6.45, 7) is 1.87. The number of carbonyl (C=O) groups excluding carboxylic acids is 1. The highest BCUT2D eigenvalue weighted by molar-refractivity contribution is 8.01. The molecule has 2 N–H and O–H groups in total. The van der Waals surface area contributed by atoms with Gasteiger partial charge in [-0.05, 0) is 19.4 Å². The number of methoxy groups -OCH3 is 1. The predicted molar refractivity (Wildman–Crippen MR) is 73.9 cm³/mol. The second-order valence-electron chi connectivity index (χ2n) is 4.08. The van der Waals surface area contributed by atoms with Gasteiger partial charge < -0.3 is 10.5 Å². The quantitative estimate of drug-likeness (QED) is 0.653. The largest absolute Gasteiger partial charge is 0.468 e. The van der Waals surface area contributed by atoms with Gasteiger partial charge in [-0.2, -0.15) is 0 Å². The molecule has 1 atom stereocenters. The van der Waals surface area contributed by atoms with Crippen LogP contribution in [0.5, 0.6) is 0 Å². The van der Waals surface area contributed by atoms with E-state index in [0.29, 0.717) is 5.13 Å². The smallest absolute Gasteiger partial charge is 0.323 e. The number of rotatable bonds is 5. The summed E-state index contributed by atoms with van der Waals surface area (Å²) in [6.07, 6.45) is 3.77. The van der Waals surface area contributed by atoms with E-state index < -0.39 is 0 Å². The molecule has 1 aliphatic heterocycles. The average molecular weight is 287 g/mol. The topological polar surface area (TPSA) is 68.5 Å². The molecular formula is C11H17N3O2S2. The third kappa shape index (κ3) is 3.37. The zero-order chi connectivity index (χ0) is 13.0. The number of anilines is 1. The zero-order valence-electron chi connectivity index (χ0n) is 10.3. The van der Waals surface area contributed by atoms with E-state index in [1.165, 1.54) is 18.4 Å². The van der Waals surface area contributed by atoms with Crippen LogP contribution in [-0.2, 0) is 9.53 Å². The highest BCUT2D eigenvalue weighted by Crippen LogP contribution is 2.27. The number of likely N-dealkylation sites (tertiary alicyclic amines) is 1. The number of thioether (sulfide) groups is 1. The van der Waals surface area contributed by atoms with Gasteiger partial charge in [0.2, 0.25) is 0 Å². The molecule has 0 aliphatic carbocycles. The minimum Gasteiger partial charge on any atom is -0.468 e. The number of nitrogen functional groups attached to an aromatic ring is 1. The van der Waals surface area contributed by atoms with Gasteiger partial charge in [0.15, 0.2) is 5.13 Å². The first-order valence-electron chi connectivity index (χ1n) is 5.86. The van der Waals surface area contributed by atoms with Crippen molar-refractivity contribution in [3.63, 3.8) is 0 Å². The molecule has 18 heavy (non-hydrogen) atoms. The molecule has 1 fully saturated rings. The lowest BCUT2D eigenvalue weighted by Gasteiger charge is -2.21. The maximum absolute atomic E-state index is 11.6. The fourth-order valence-corrected chi connectivity index (χ4v) is 3.91. The van der Waals surface area contributed by atoms with Crippen LogP contribution < -0.4 is 5.73 Å². The molecule has 1 saturated heterocycles. The standard InChI is InChI=1S/C11H17N3O2S2/c1-16-10(15)8-3-2-4-14(8)5-6-17-9-7-13-11(12)18-9/h7-8H,2-6H2,1H3,(H2,12,13)/t8-/m0/s1. The van der Waals surface area contributed by atoms with Gasteiger partial charge in [0.05, 0.1) is 17.5 Å². The lowest BCUT2D eigenvalue weighted by molar-refractivity contribution is -0.145. The molecule has 2 rings (SSSR count). The molecule has 7 heteroatoms. The third-order valence-electron chi connectivity index (χ3n) is 2.96. The molecule has 0 amide bonds. The first-order chi connectivity index (χ1) is 8.70. The van der Waals surface area contributed by atoms with E-state index in [0.717, 1.165) is 35.9 Å². The maximum Gasteiger partial charge on any atom is 0.323 e. The van der Waals surface area contributed by atoms with E-state index in [4.69, 9.17) is 10.5 Å². The summed E-state index contributed by atoms with van der Waals surface area (Å²) in [6, 6.07) is -0.0536. The van der Waals surface area contributed by atoms with Gasteiger partial charge in [-0.1, -0.05) is 11.3 Å². The maximum atomic E-state index is 11.6. The Labute approximate surface area is 115 Å². The van der Waals surface area contributed by atoms with E-state index >= 15 is 0 Å². The van der Waals surface area contributed by atoms with Gasteiger partial charge in [-0.3, -0.25) is 9.69 Å². The van der Waals surface area contributed by atoms with Gasteiger partial charge >= 0.3 is 5.97 Å². The Kier molecular flexibility index (Phi) is 4.85. The summed E-state index contributed by atoms with van der Waals surface area (Å²) in [7, 11) is 1.45. The minimum atomic E-state index is -0.112. The molecule has 0 aromatic carbocycles. The number of ether oxygens (including phenoxy) is 1. The van der Waals surface area contributed by atoms with E-state index in [2.05, 4.69) is 9.88 Å². The highest BCUT2D eigenvalue weighted by Gasteiger charge is 2.30. The number of aromatic nitrogens is 1. The molecule has 5 nitrogen and oxygen atoms in total. The van der Waals surface area contributed by atoms with E-state index in [1.54, 1.807) is 18.0 Å². The molecule has 0 unspecified atom stereocenters. The first kappa shape index (κ1) is 13.6. The zero-order valence-corrected chi connectivity index (χ0v) is 11.9. The molecule has 0 radical (unpaired) electrons. The van der Waals surface area contributed by atoms with Gasteiger partial charge in [0.25, 0.3) is 0 Å². The Morgan fingerprint density at radius 3 is 3.28 bits per heavy atom. The summed E-state index contributed by atoms with van der Waals surface area (Å²) in [4.78, 5) is 17.8. The fourth-order valence-electron chi connectivity index (χ4n) is 2.10. The van der Waals surface area contributed by atoms with Gasteiger partial charge in [0.1, 0.15) is 6.04 Å². The van der Waals surface area contributed by atoms with Crippen LogP contribution in [0.2, 0.25) is 0 Å². The van der Waals surface area contributed by atoms with E-state index in [1.807, 2.05) is 0 Å². The molecule has 0 saturated carbocycles. The second-order valence-corrected chi connectivity index (χ2v) is 6.54. The van der Waals surface area contributed by atoms with Crippen molar-refractivity contribution in [1.82, 2.24) is 9.88 Å². The Hall–Kier alpha value is -0.790. The van der Waals surface area contributed by atoms with Gasteiger partial charge in [0, 0.05) is 12.3 Å². The predicted octanol–water partition coefficient (Wildman–Crippen LogP) is 1.45. The molecule has 100 valence electrons. The second kappa shape index (κ2) is 6.40.